The fraction of sp³-hybridized carbons (Fsp3) is 0.143. The van der Waals surface area contributed by atoms with Gasteiger partial charge in [0.25, 0.3) is 5.69 Å². The van der Waals surface area contributed by atoms with E-state index in [1.807, 2.05) is 13.0 Å². The predicted molar refractivity (Wildman–Crippen MR) is 89.3 cm³/mol. The van der Waals surface area contributed by atoms with Crippen molar-refractivity contribution in [2.45, 2.75) is 13.0 Å². The second-order valence-electron chi connectivity index (χ2n) is 4.44. The van der Waals surface area contributed by atoms with Crippen LogP contribution in [0.2, 0.25) is 10.0 Å². The van der Waals surface area contributed by atoms with Crippen molar-refractivity contribution < 1.29 is 4.92 Å². The zero-order valence-corrected chi connectivity index (χ0v) is 14.0. The highest BCUT2D eigenvalue weighted by Crippen LogP contribution is 2.37. The lowest BCUT2D eigenvalue weighted by molar-refractivity contribution is -0.384. The van der Waals surface area contributed by atoms with Gasteiger partial charge in [-0.15, -0.1) is 0 Å². The van der Waals surface area contributed by atoms with E-state index in [0.29, 0.717) is 20.2 Å². The molecule has 0 saturated carbocycles. The molecule has 110 valence electrons. The number of rotatable bonds is 4. The van der Waals surface area contributed by atoms with Crippen LogP contribution in [-0.2, 0) is 0 Å². The number of anilines is 1. The molecule has 1 atom stereocenters. The summed E-state index contributed by atoms with van der Waals surface area (Å²) in [5, 5.41) is 14.8. The molecule has 0 bridgehead atoms. The molecule has 21 heavy (non-hydrogen) atoms. The Kier molecular flexibility index (Phi) is 5.08. The van der Waals surface area contributed by atoms with Gasteiger partial charge in [-0.05, 0) is 40.5 Å². The van der Waals surface area contributed by atoms with Gasteiger partial charge in [-0.25, -0.2) is 0 Å². The van der Waals surface area contributed by atoms with Gasteiger partial charge < -0.3 is 5.32 Å². The van der Waals surface area contributed by atoms with E-state index in [-0.39, 0.29) is 11.7 Å². The monoisotopic (exact) mass is 388 g/mol. The first-order valence-corrected chi connectivity index (χ1v) is 7.59. The molecule has 2 aromatic carbocycles. The second kappa shape index (κ2) is 6.64. The first-order valence-electron chi connectivity index (χ1n) is 6.04. The fourth-order valence-electron chi connectivity index (χ4n) is 1.86. The van der Waals surface area contributed by atoms with Crippen molar-refractivity contribution in [3.8, 4) is 0 Å². The summed E-state index contributed by atoms with van der Waals surface area (Å²) in [6.45, 7) is 1.89. The number of halogens is 3. The molecule has 0 aliphatic rings. The van der Waals surface area contributed by atoms with E-state index in [1.54, 1.807) is 18.2 Å². The SMILES string of the molecule is CC(Nc1ccc(Br)c(Cl)c1Cl)c1cccc([N+](=O)[O-])c1. The molecule has 0 heterocycles. The minimum absolute atomic E-state index is 0.0566. The molecular formula is C14H11BrCl2N2O2. The van der Waals surface area contributed by atoms with Crippen molar-refractivity contribution in [1.29, 1.82) is 0 Å². The zero-order valence-electron chi connectivity index (χ0n) is 10.9. The number of hydrogen-bond acceptors (Lipinski definition) is 3. The van der Waals surface area contributed by atoms with Crippen LogP contribution in [-0.4, -0.2) is 4.92 Å². The Morgan fingerprint density at radius 2 is 1.95 bits per heavy atom. The van der Waals surface area contributed by atoms with Gasteiger partial charge in [0.2, 0.25) is 0 Å². The summed E-state index contributed by atoms with van der Waals surface area (Å²) in [5.74, 6) is 0. The van der Waals surface area contributed by atoms with E-state index in [1.165, 1.54) is 12.1 Å². The average Bonchev–Trinajstić information content (AvgIpc) is 2.48. The Bertz CT molecular complexity index is 695. The van der Waals surface area contributed by atoms with Crippen LogP contribution in [0, 0.1) is 10.1 Å². The molecule has 0 radical (unpaired) electrons. The highest BCUT2D eigenvalue weighted by Gasteiger charge is 2.14. The van der Waals surface area contributed by atoms with Gasteiger partial charge in [0.05, 0.1) is 20.7 Å². The van der Waals surface area contributed by atoms with Gasteiger partial charge in [-0.3, -0.25) is 10.1 Å². The molecule has 0 spiro atoms. The number of hydrogen-bond donors (Lipinski definition) is 1. The molecule has 2 rings (SSSR count). The third-order valence-electron chi connectivity index (χ3n) is 2.99. The predicted octanol–water partition coefficient (Wildman–Crippen LogP) is 5.84. The Labute approximate surface area is 140 Å². The van der Waals surface area contributed by atoms with Crippen LogP contribution in [0.3, 0.4) is 0 Å². The maximum absolute atomic E-state index is 10.8. The number of nitro benzene ring substituents is 1. The summed E-state index contributed by atoms with van der Waals surface area (Å²) < 4.78 is 0.711. The average molecular weight is 390 g/mol. The first-order chi connectivity index (χ1) is 9.90. The lowest BCUT2D eigenvalue weighted by Gasteiger charge is -2.17. The van der Waals surface area contributed by atoms with Crippen molar-refractivity contribution >= 4 is 50.5 Å². The second-order valence-corrected chi connectivity index (χ2v) is 6.05. The van der Waals surface area contributed by atoms with E-state index in [9.17, 15) is 10.1 Å². The summed E-state index contributed by atoms with van der Waals surface area (Å²) in [5.41, 5.74) is 1.52. The Morgan fingerprint density at radius 3 is 2.62 bits per heavy atom. The first kappa shape index (κ1) is 16.1. The molecular weight excluding hydrogens is 379 g/mol. The summed E-state index contributed by atoms with van der Waals surface area (Å²) in [4.78, 5) is 10.4. The summed E-state index contributed by atoms with van der Waals surface area (Å²) in [6, 6.07) is 9.90. The Morgan fingerprint density at radius 1 is 1.24 bits per heavy atom. The Hall–Kier alpha value is -1.30. The van der Waals surface area contributed by atoms with Crippen LogP contribution < -0.4 is 5.32 Å². The van der Waals surface area contributed by atoms with Crippen LogP contribution in [0.15, 0.2) is 40.9 Å². The molecule has 1 unspecified atom stereocenters. The van der Waals surface area contributed by atoms with Gasteiger partial charge in [-0.1, -0.05) is 35.3 Å². The van der Waals surface area contributed by atoms with E-state index < -0.39 is 4.92 Å². The number of nitro groups is 1. The maximum atomic E-state index is 10.8. The maximum Gasteiger partial charge on any atom is 0.269 e. The largest absolute Gasteiger partial charge is 0.377 e. The minimum Gasteiger partial charge on any atom is -0.377 e. The van der Waals surface area contributed by atoms with E-state index in [4.69, 9.17) is 23.2 Å². The van der Waals surface area contributed by atoms with Crippen molar-refractivity contribution in [3.63, 3.8) is 0 Å². The lowest BCUT2D eigenvalue weighted by Crippen LogP contribution is -2.07. The third-order valence-corrected chi connectivity index (χ3v) is 4.76. The molecule has 2 aromatic rings. The molecule has 0 saturated heterocycles. The fourth-order valence-corrected chi connectivity index (χ4v) is 2.69. The molecule has 0 aliphatic heterocycles. The number of benzene rings is 2. The van der Waals surface area contributed by atoms with Gasteiger partial charge in [0, 0.05) is 22.6 Å². The van der Waals surface area contributed by atoms with Crippen LogP contribution >= 0.6 is 39.1 Å². The molecule has 0 amide bonds. The highest BCUT2D eigenvalue weighted by molar-refractivity contribution is 9.10. The molecule has 4 nitrogen and oxygen atoms in total. The van der Waals surface area contributed by atoms with Crippen molar-refractivity contribution in [2.24, 2.45) is 0 Å². The van der Waals surface area contributed by atoms with Gasteiger partial charge in [0.15, 0.2) is 0 Å². The van der Waals surface area contributed by atoms with Gasteiger partial charge in [-0.2, -0.15) is 0 Å². The lowest BCUT2D eigenvalue weighted by atomic mass is 10.1. The molecule has 0 aliphatic carbocycles. The quantitative estimate of drug-likeness (QED) is 0.406. The molecule has 7 heteroatoms. The summed E-state index contributed by atoms with van der Waals surface area (Å²) >= 11 is 15.5. The number of nitrogens with one attached hydrogen (secondary N) is 1. The van der Waals surface area contributed by atoms with Crippen molar-refractivity contribution in [1.82, 2.24) is 0 Å². The Balaban J connectivity index is 2.26. The zero-order chi connectivity index (χ0) is 15.6. The van der Waals surface area contributed by atoms with Crippen LogP contribution in [0.5, 0.6) is 0 Å². The third kappa shape index (κ3) is 3.67. The topological polar surface area (TPSA) is 55.2 Å². The van der Waals surface area contributed by atoms with Crippen LogP contribution in [0.4, 0.5) is 11.4 Å². The number of nitrogens with zero attached hydrogens (tertiary/aromatic N) is 1. The van der Waals surface area contributed by atoms with Gasteiger partial charge in [0.1, 0.15) is 0 Å². The van der Waals surface area contributed by atoms with Crippen molar-refractivity contribution in [2.75, 3.05) is 5.32 Å². The van der Waals surface area contributed by atoms with Crippen LogP contribution in [0.25, 0.3) is 0 Å². The minimum atomic E-state index is -0.417. The highest BCUT2D eigenvalue weighted by atomic mass is 79.9. The molecule has 0 aromatic heterocycles. The smallest absolute Gasteiger partial charge is 0.269 e. The normalized spacial score (nSPS) is 12.0. The molecule has 1 N–H and O–H groups in total. The van der Waals surface area contributed by atoms with Gasteiger partial charge >= 0.3 is 0 Å². The van der Waals surface area contributed by atoms with Crippen molar-refractivity contribution in [3.05, 3.63) is 66.6 Å². The van der Waals surface area contributed by atoms with E-state index >= 15 is 0 Å². The molecule has 0 fully saturated rings. The summed E-state index contributed by atoms with van der Waals surface area (Å²) in [7, 11) is 0. The van der Waals surface area contributed by atoms with Crippen LogP contribution in [0.1, 0.15) is 18.5 Å². The van der Waals surface area contributed by atoms with E-state index in [0.717, 1.165) is 5.56 Å². The standard InChI is InChI=1S/C14H11BrCl2N2O2/c1-8(9-3-2-4-10(7-9)19(20)21)18-12-6-5-11(15)13(16)14(12)17/h2-8,18H,1H3. The summed E-state index contributed by atoms with van der Waals surface area (Å²) in [6.07, 6.45) is 0. The number of non-ortho nitro benzene ring substituents is 1. The van der Waals surface area contributed by atoms with E-state index in [2.05, 4.69) is 21.2 Å².